The number of hydrogen-bond acceptors (Lipinski definition) is 3. The van der Waals surface area contributed by atoms with Crippen LogP contribution in [-0.2, 0) is 0 Å². The van der Waals surface area contributed by atoms with Crippen LogP contribution in [0, 0.1) is 5.92 Å². The van der Waals surface area contributed by atoms with Gasteiger partial charge in [0.1, 0.15) is 5.75 Å². The number of likely N-dealkylation sites (tertiary alicyclic amines) is 1. The number of ether oxygens (including phenoxy) is 1. The van der Waals surface area contributed by atoms with Gasteiger partial charge in [-0.3, -0.25) is 4.99 Å². The lowest BCUT2D eigenvalue weighted by Crippen LogP contribution is -2.35. The monoisotopic (exact) mass is 372 g/mol. The fourth-order valence-corrected chi connectivity index (χ4v) is 3.06. The Morgan fingerprint density at radius 1 is 1.31 bits per heavy atom. The van der Waals surface area contributed by atoms with E-state index in [0.717, 1.165) is 25.3 Å². The standard InChI is InChI=1S/C18H27F3N4O/c1-14-5-4-12-25(13-14)11-3-2-10-23-17(22)24-15-6-8-16(9-7-15)26-18(19,20)21/h6-9,14H,2-5,10-13H2,1H3,(H3,22,23,24). The van der Waals surface area contributed by atoms with Crippen molar-refractivity contribution in [2.24, 2.45) is 16.6 Å². The quantitative estimate of drug-likeness (QED) is 0.434. The lowest BCUT2D eigenvalue weighted by molar-refractivity contribution is -0.274. The van der Waals surface area contributed by atoms with Crippen LogP contribution in [0.2, 0.25) is 0 Å². The lowest BCUT2D eigenvalue weighted by Gasteiger charge is -2.30. The number of halogens is 3. The molecule has 1 fully saturated rings. The van der Waals surface area contributed by atoms with E-state index in [2.05, 4.69) is 26.9 Å². The van der Waals surface area contributed by atoms with Gasteiger partial charge in [-0.2, -0.15) is 0 Å². The minimum Gasteiger partial charge on any atom is -0.406 e. The summed E-state index contributed by atoms with van der Waals surface area (Å²) >= 11 is 0. The Morgan fingerprint density at radius 2 is 2.04 bits per heavy atom. The van der Waals surface area contributed by atoms with E-state index in [1.807, 2.05) is 0 Å². The molecular formula is C18H27F3N4O. The van der Waals surface area contributed by atoms with Crippen molar-refractivity contribution in [1.29, 1.82) is 0 Å². The highest BCUT2D eigenvalue weighted by Crippen LogP contribution is 2.23. The number of aliphatic imine (C=N–C) groups is 1. The molecule has 1 aromatic carbocycles. The Labute approximate surface area is 152 Å². The molecule has 0 aliphatic carbocycles. The second-order valence-electron chi connectivity index (χ2n) is 6.72. The number of nitrogens with zero attached hydrogens (tertiary/aromatic N) is 2. The first-order valence-corrected chi connectivity index (χ1v) is 8.97. The van der Waals surface area contributed by atoms with Gasteiger partial charge in [-0.25, -0.2) is 0 Å². The van der Waals surface area contributed by atoms with Crippen molar-refractivity contribution in [3.05, 3.63) is 24.3 Å². The van der Waals surface area contributed by atoms with E-state index in [1.165, 1.54) is 50.2 Å². The zero-order valence-electron chi connectivity index (χ0n) is 15.1. The molecule has 26 heavy (non-hydrogen) atoms. The van der Waals surface area contributed by atoms with Gasteiger partial charge in [-0.15, -0.1) is 13.2 Å². The molecule has 1 unspecified atom stereocenters. The molecular weight excluding hydrogens is 345 g/mol. The van der Waals surface area contributed by atoms with Crippen molar-refractivity contribution in [1.82, 2.24) is 4.90 Å². The molecule has 1 aliphatic rings. The molecule has 0 amide bonds. The predicted molar refractivity (Wildman–Crippen MR) is 97.3 cm³/mol. The van der Waals surface area contributed by atoms with Crippen molar-refractivity contribution in [3.63, 3.8) is 0 Å². The van der Waals surface area contributed by atoms with Crippen molar-refractivity contribution >= 4 is 11.6 Å². The molecule has 146 valence electrons. The molecule has 0 radical (unpaired) electrons. The average Bonchev–Trinajstić information content (AvgIpc) is 2.55. The maximum absolute atomic E-state index is 12.1. The van der Waals surface area contributed by atoms with Crippen molar-refractivity contribution < 1.29 is 17.9 Å². The third-order valence-electron chi connectivity index (χ3n) is 4.27. The summed E-state index contributed by atoms with van der Waals surface area (Å²) in [5.41, 5.74) is 6.36. The minimum absolute atomic E-state index is 0.251. The predicted octanol–water partition coefficient (Wildman–Crippen LogP) is 3.82. The number of piperidine rings is 1. The van der Waals surface area contributed by atoms with Gasteiger partial charge in [0.05, 0.1) is 0 Å². The Kier molecular flexibility index (Phi) is 7.56. The summed E-state index contributed by atoms with van der Waals surface area (Å²) in [7, 11) is 0. The van der Waals surface area contributed by atoms with E-state index >= 15 is 0 Å². The average molecular weight is 372 g/mol. The first kappa shape index (κ1) is 20.4. The zero-order chi connectivity index (χ0) is 19.0. The Hall–Kier alpha value is -1.96. The number of benzene rings is 1. The number of guanidine groups is 1. The molecule has 1 aliphatic heterocycles. The van der Waals surface area contributed by atoms with Crippen molar-refractivity contribution in [2.75, 3.05) is 31.5 Å². The molecule has 3 N–H and O–H groups in total. The summed E-state index contributed by atoms with van der Waals surface area (Å²) in [6.07, 6.45) is -0.0600. The maximum Gasteiger partial charge on any atom is 0.573 e. The first-order chi connectivity index (χ1) is 12.3. The van der Waals surface area contributed by atoms with Crippen LogP contribution in [0.15, 0.2) is 29.3 Å². The highest BCUT2D eigenvalue weighted by molar-refractivity contribution is 5.92. The highest BCUT2D eigenvalue weighted by atomic mass is 19.4. The topological polar surface area (TPSA) is 62.9 Å². The van der Waals surface area contributed by atoms with Crippen molar-refractivity contribution in [3.8, 4) is 5.75 Å². The molecule has 8 heteroatoms. The fourth-order valence-electron chi connectivity index (χ4n) is 3.06. The third kappa shape index (κ3) is 7.95. The van der Waals surface area contributed by atoms with Crippen LogP contribution in [0.25, 0.3) is 0 Å². The third-order valence-corrected chi connectivity index (χ3v) is 4.27. The van der Waals surface area contributed by atoms with Gasteiger partial charge < -0.3 is 20.7 Å². The molecule has 2 rings (SSSR count). The van der Waals surface area contributed by atoms with Crippen LogP contribution in [-0.4, -0.2) is 43.4 Å². The summed E-state index contributed by atoms with van der Waals surface area (Å²) in [6, 6.07) is 5.37. The summed E-state index contributed by atoms with van der Waals surface area (Å²) < 4.78 is 40.2. The van der Waals surface area contributed by atoms with Gasteiger partial charge in [0.25, 0.3) is 0 Å². The van der Waals surface area contributed by atoms with Gasteiger partial charge in [-0.1, -0.05) is 6.92 Å². The van der Waals surface area contributed by atoms with E-state index in [-0.39, 0.29) is 11.7 Å². The molecule has 1 saturated heterocycles. The summed E-state index contributed by atoms with van der Waals surface area (Å²) in [5.74, 6) is 0.765. The molecule has 0 spiro atoms. The normalized spacial score (nSPS) is 19.4. The van der Waals surface area contributed by atoms with E-state index in [0.29, 0.717) is 12.2 Å². The van der Waals surface area contributed by atoms with Crippen molar-refractivity contribution in [2.45, 2.75) is 39.0 Å². The Morgan fingerprint density at radius 3 is 2.69 bits per heavy atom. The molecule has 5 nitrogen and oxygen atoms in total. The van der Waals surface area contributed by atoms with E-state index in [4.69, 9.17) is 5.73 Å². The van der Waals surface area contributed by atoms with Crippen LogP contribution in [0.5, 0.6) is 5.75 Å². The van der Waals surface area contributed by atoms with Crippen LogP contribution < -0.4 is 15.8 Å². The SMILES string of the molecule is CC1CCCN(CCCCN=C(N)Nc2ccc(OC(F)(F)F)cc2)C1. The van der Waals surface area contributed by atoms with Crippen LogP contribution in [0.4, 0.5) is 18.9 Å². The maximum atomic E-state index is 12.1. The van der Waals surface area contributed by atoms with Gasteiger partial charge in [0, 0.05) is 18.8 Å². The second kappa shape index (κ2) is 9.66. The zero-order valence-corrected chi connectivity index (χ0v) is 15.1. The Bertz CT molecular complexity index is 575. The summed E-state index contributed by atoms with van der Waals surface area (Å²) in [6.45, 7) is 6.38. The molecule has 1 heterocycles. The van der Waals surface area contributed by atoms with Gasteiger partial charge in [-0.05, 0) is 69.0 Å². The number of nitrogens with one attached hydrogen (secondary N) is 1. The Balaban J connectivity index is 1.66. The van der Waals surface area contributed by atoms with Gasteiger partial charge >= 0.3 is 6.36 Å². The number of alkyl halides is 3. The largest absolute Gasteiger partial charge is 0.573 e. The number of rotatable bonds is 7. The molecule has 1 aromatic rings. The molecule has 0 saturated carbocycles. The smallest absolute Gasteiger partial charge is 0.406 e. The van der Waals surface area contributed by atoms with Crippen LogP contribution in [0.1, 0.15) is 32.6 Å². The molecule has 1 atom stereocenters. The molecule has 0 bridgehead atoms. The number of unbranched alkanes of at least 4 members (excludes halogenated alkanes) is 1. The fraction of sp³-hybridized carbons (Fsp3) is 0.611. The first-order valence-electron chi connectivity index (χ1n) is 8.97. The molecule has 0 aromatic heterocycles. The number of nitrogens with two attached hydrogens (primary N) is 1. The van der Waals surface area contributed by atoms with Crippen LogP contribution in [0.3, 0.4) is 0 Å². The number of anilines is 1. The van der Waals surface area contributed by atoms with E-state index in [1.54, 1.807) is 0 Å². The van der Waals surface area contributed by atoms with E-state index < -0.39 is 6.36 Å². The summed E-state index contributed by atoms with van der Waals surface area (Å²) in [5, 5.41) is 2.86. The lowest BCUT2D eigenvalue weighted by atomic mass is 10.0. The van der Waals surface area contributed by atoms with E-state index in [9.17, 15) is 13.2 Å². The second-order valence-corrected chi connectivity index (χ2v) is 6.72. The van der Waals surface area contributed by atoms with Gasteiger partial charge in [0.2, 0.25) is 0 Å². The van der Waals surface area contributed by atoms with Gasteiger partial charge in [0.15, 0.2) is 5.96 Å². The number of hydrogen-bond donors (Lipinski definition) is 2. The minimum atomic E-state index is -4.69. The van der Waals surface area contributed by atoms with Crippen LogP contribution >= 0.6 is 0 Å². The highest BCUT2D eigenvalue weighted by Gasteiger charge is 2.30. The summed E-state index contributed by atoms with van der Waals surface area (Å²) in [4.78, 5) is 6.76.